The average Bonchev–Trinajstić information content (AvgIpc) is 2.16. The zero-order valence-corrected chi connectivity index (χ0v) is 10.6. The Kier molecular flexibility index (Phi) is 5.17. The van der Waals surface area contributed by atoms with Crippen molar-refractivity contribution in [3.63, 3.8) is 0 Å². The molecule has 1 aliphatic heterocycles. The fourth-order valence-corrected chi connectivity index (χ4v) is 2.38. The highest BCUT2D eigenvalue weighted by Crippen LogP contribution is 2.18. The van der Waals surface area contributed by atoms with Crippen LogP contribution in [0.5, 0.6) is 0 Å². The summed E-state index contributed by atoms with van der Waals surface area (Å²) < 4.78 is 26.9. The third kappa shape index (κ3) is 5.79. The molecule has 0 bridgehead atoms. The second-order valence-corrected chi connectivity index (χ2v) is 6.76. The molecule has 2 N–H and O–H groups in total. The van der Waals surface area contributed by atoms with Crippen molar-refractivity contribution < 1.29 is 18.3 Å². The van der Waals surface area contributed by atoms with E-state index in [0.717, 1.165) is 0 Å². The van der Waals surface area contributed by atoms with Gasteiger partial charge in [-0.3, -0.25) is 0 Å². The van der Waals surface area contributed by atoms with Gasteiger partial charge in [0.1, 0.15) is 9.84 Å². The van der Waals surface area contributed by atoms with Crippen LogP contribution in [-0.2, 0) is 14.6 Å². The lowest BCUT2D eigenvalue weighted by molar-refractivity contribution is -0.0614. The van der Waals surface area contributed by atoms with Gasteiger partial charge in [0.2, 0.25) is 0 Å². The van der Waals surface area contributed by atoms with E-state index in [1.54, 1.807) is 0 Å². The molecular weight excluding hydrogens is 230 g/mol. The second kappa shape index (κ2) is 5.95. The van der Waals surface area contributed by atoms with Gasteiger partial charge in [0, 0.05) is 38.9 Å². The van der Waals surface area contributed by atoms with Gasteiger partial charge >= 0.3 is 0 Å². The third-order valence-corrected chi connectivity index (χ3v) is 3.78. The molecule has 16 heavy (non-hydrogen) atoms. The van der Waals surface area contributed by atoms with Crippen molar-refractivity contribution >= 4 is 9.84 Å². The van der Waals surface area contributed by atoms with Crippen LogP contribution >= 0.6 is 0 Å². The minimum absolute atomic E-state index is 0.196. The Morgan fingerprint density at radius 3 is 2.56 bits per heavy atom. The fraction of sp³-hybridized carbons (Fsp3) is 1.00. The Bertz CT molecular complexity index is 296. The van der Waals surface area contributed by atoms with Gasteiger partial charge in [-0.05, 0) is 13.0 Å². The molecule has 5 nitrogen and oxygen atoms in total. The molecule has 0 amide bonds. The smallest absolute Gasteiger partial charge is 0.147 e. The normalized spacial score (nSPS) is 20.9. The van der Waals surface area contributed by atoms with Crippen molar-refractivity contribution in [1.82, 2.24) is 5.32 Å². The predicted octanol–water partition coefficient (Wildman–Crippen LogP) is -0.448. The van der Waals surface area contributed by atoms with Crippen LogP contribution in [-0.4, -0.2) is 57.4 Å². The predicted molar refractivity (Wildman–Crippen MR) is 62.2 cm³/mol. The number of ether oxygens (including phenoxy) is 1. The summed E-state index contributed by atoms with van der Waals surface area (Å²) in [4.78, 5) is 0. The van der Waals surface area contributed by atoms with Crippen LogP contribution in [0.3, 0.4) is 0 Å². The molecule has 1 saturated heterocycles. The van der Waals surface area contributed by atoms with E-state index < -0.39 is 15.4 Å². The lowest BCUT2D eigenvalue weighted by Gasteiger charge is -2.32. The Morgan fingerprint density at radius 1 is 1.38 bits per heavy atom. The van der Waals surface area contributed by atoms with E-state index in [2.05, 4.69) is 5.32 Å². The molecule has 0 atom stereocenters. The molecule has 6 heteroatoms. The molecule has 1 fully saturated rings. The molecule has 1 rings (SSSR count). The SMILES string of the molecule is CS(=O)(=O)CCCNCC1(O)CCOCC1. The van der Waals surface area contributed by atoms with Gasteiger partial charge in [0.15, 0.2) is 0 Å². The van der Waals surface area contributed by atoms with Gasteiger partial charge in [-0.2, -0.15) is 0 Å². The van der Waals surface area contributed by atoms with Crippen molar-refractivity contribution in [3.8, 4) is 0 Å². The summed E-state index contributed by atoms with van der Waals surface area (Å²) in [6.07, 6.45) is 3.11. The second-order valence-electron chi connectivity index (χ2n) is 4.50. The first-order valence-electron chi connectivity index (χ1n) is 5.60. The van der Waals surface area contributed by atoms with Gasteiger partial charge in [-0.15, -0.1) is 0 Å². The molecular formula is C10H21NO4S. The van der Waals surface area contributed by atoms with Crippen molar-refractivity contribution in [2.45, 2.75) is 24.9 Å². The zero-order chi connectivity index (χ0) is 12.1. The van der Waals surface area contributed by atoms with Gasteiger partial charge in [-0.25, -0.2) is 8.42 Å². The summed E-state index contributed by atoms with van der Waals surface area (Å²) in [6.45, 7) is 2.33. The number of aliphatic hydroxyl groups is 1. The molecule has 0 aromatic heterocycles. The molecule has 96 valence electrons. The number of hydrogen-bond donors (Lipinski definition) is 2. The lowest BCUT2D eigenvalue weighted by Crippen LogP contribution is -2.45. The molecule has 0 aromatic carbocycles. The maximum atomic E-state index is 10.9. The fourth-order valence-electron chi connectivity index (χ4n) is 1.71. The molecule has 0 aromatic rings. The summed E-state index contributed by atoms with van der Waals surface area (Å²) in [5.41, 5.74) is -0.677. The van der Waals surface area contributed by atoms with Crippen LogP contribution < -0.4 is 5.32 Å². The zero-order valence-electron chi connectivity index (χ0n) is 9.74. The van der Waals surface area contributed by atoms with Gasteiger partial charge in [-0.1, -0.05) is 0 Å². The number of rotatable bonds is 6. The Labute approximate surface area is 97.1 Å². The van der Waals surface area contributed by atoms with E-state index in [1.165, 1.54) is 6.26 Å². The van der Waals surface area contributed by atoms with Crippen molar-refractivity contribution in [2.24, 2.45) is 0 Å². The van der Waals surface area contributed by atoms with Crippen molar-refractivity contribution in [3.05, 3.63) is 0 Å². The van der Waals surface area contributed by atoms with Crippen LogP contribution in [0.15, 0.2) is 0 Å². The van der Waals surface area contributed by atoms with Gasteiger partial charge in [0.25, 0.3) is 0 Å². The van der Waals surface area contributed by atoms with Crippen LogP contribution in [0.2, 0.25) is 0 Å². The van der Waals surface area contributed by atoms with E-state index in [1.807, 2.05) is 0 Å². The average molecular weight is 251 g/mol. The molecule has 0 unspecified atom stereocenters. The van der Waals surface area contributed by atoms with E-state index in [4.69, 9.17) is 4.74 Å². The summed E-state index contributed by atoms with van der Waals surface area (Å²) in [7, 11) is -2.87. The molecule has 1 aliphatic rings. The highest BCUT2D eigenvalue weighted by Gasteiger charge is 2.28. The maximum absolute atomic E-state index is 10.9. The standard InChI is InChI=1S/C10H21NO4S/c1-16(13,14)8-2-5-11-9-10(12)3-6-15-7-4-10/h11-12H,2-9H2,1H3. The van der Waals surface area contributed by atoms with E-state index in [0.29, 0.717) is 45.6 Å². The Balaban J connectivity index is 2.10. The molecule has 0 radical (unpaired) electrons. The van der Waals surface area contributed by atoms with Crippen molar-refractivity contribution in [2.75, 3.05) is 38.3 Å². The van der Waals surface area contributed by atoms with Crippen LogP contribution in [0, 0.1) is 0 Å². The number of hydrogen-bond acceptors (Lipinski definition) is 5. The lowest BCUT2D eigenvalue weighted by atomic mass is 9.94. The molecule has 0 spiro atoms. The van der Waals surface area contributed by atoms with Gasteiger partial charge < -0.3 is 15.2 Å². The topological polar surface area (TPSA) is 75.6 Å². The summed E-state index contributed by atoms with van der Waals surface area (Å²) in [5, 5.41) is 13.2. The highest BCUT2D eigenvalue weighted by atomic mass is 32.2. The third-order valence-electron chi connectivity index (χ3n) is 2.75. The molecule has 0 aliphatic carbocycles. The Hall–Kier alpha value is -0.170. The highest BCUT2D eigenvalue weighted by molar-refractivity contribution is 7.90. The quantitative estimate of drug-likeness (QED) is 0.626. The first-order valence-corrected chi connectivity index (χ1v) is 7.66. The molecule has 1 heterocycles. The first-order chi connectivity index (χ1) is 7.41. The number of nitrogens with one attached hydrogen (secondary N) is 1. The largest absolute Gasteiger partial charge is 0.388 e. The minimum Gasteiger partial charge on any atom is -0.388 e. The first kappa shape index (κ1) is 13.9. The maximum Gasteiger partial charge on any atom is 0.147 e. The van der Waals surface area contributed by atoms with Crippen LogP contribution in [0.1, 0.15) is 19.3 Å². The minimum atomic E-state index is -2.87. The van der Waals surface area contributed by atoms with E-state index in [9.17, 15) is 13.5 Å². The van der Waals surface area contributed by atoms with Gasteiger partial charge in [0.05, 0.1) is 11.4 Å². The van der Waals surface area contributed by atoms with Crippen LogP contribution in [0.25, 0.3) is 0 Å². The van der Waals surface area contributed by atoms with E-state index >= 15 is 0 Å². The number of sulfone groups is 1. The Morgan fingerprint density at radius 2 is 2.00 bits per heavy atom. The molecule has 0 saturated carbocycles. The van der Waals surface area contributed by atoms with E-state index in [-0.39, 0.29) is 5.75 Å². The summed E-state index contributed by atoms with van der Waals surface area (Å²) in [5.74, 6) is 0.196. The van der Waals surface area contributed by atoms with Crippen molar-refractivity contribution in [1.29, 1.82) is 0 Å². The summed E-state index contributed by atoms with van der Waals surface area (Å²) >= 11 is 0. The van der Waals surface area contributed by atoms with Crippen LogP contribution in [0.4, 0.5) is 0 Å². The summed E-state index contributed by atoms with van der Waals surface area (Å²) in [6, 6.07) is 0. The monoisotopic (exact) mass is 251 g/mol.